The number of benzene rings is 5. The lowest BCUT2D eigenvalue weighted by Gasteiger charge is -2.13. The van der Waals surface area contributed by atoms with E-state index in [9.17, 15) is 0 Å². The highest BCUT2D eigenvalue weighted by Crippen LogP contribution is 2.30. The molecular formula is C32H29ClN2. The molecule has 0 aromatic heterocycles. The van der Waals surface area contributed by atoms with Crippen molar-refractivity contribution in [3.8, 4) is 22.3 Å². The van der Waals surface area contributed by atoms with Gasteiger partial charge in [0.2, 0.25) is 0 Å². The van der Waals surface area contributed by atoms with E-state index in [0.29, 0.717) is 0 Å². The van der Waals surface area contributed by atoms with E-state index >= 15 is 0 Å². The Balaban J connectivity index is 0.000000179. The minimum Gasteiger partial charge on any atom is -0.398 e. The quantitative estimate of drug-likeness (QED) is 0.253. The molecule has 0 atom stereocenters. The van der Waals surface area contributed by atoms with Crippen molar-refractivity contribution < 1.29 is 0 Å². The second kappa shape index (κ2) is 11.4. The largest absolute Gasteiger partial charge is 0.398 e. The van der Waals surface area contributed by atoms with Gasteiger partial charge in [0.1, 0.15) is 0 Å². The standard InChI is InChI=1S/C19H16ClN.C13H13N/c1-14-11-12-16(15-7-3-2-4-8-15)13-19(14)21-18-10-6-5-9-17(18)20;1-10-7-8-12(9-13(10)14)11-5-3-2-4-6-11/h2-13,21H,1H3;2-9H,14H2,1H3. The number of hydrogen-bond donors (Lipinski definition) is 2. The van der Waals surface area contributed by atoms with Gasteiger partial charge in [-0.1, -0.05) is 109 Å². The van der Waals surface area contributed by atoms with Crippen LogP contribution in [0.15, 0.2) is 121 Å². The molecule has 0 aliphatic heterocycles. The van der Waals surface area contributed by atoms with E-state index in [-0.39, 0.29) is 0 Å². The van der Waals surface area contributed by atoms with E-state index in [1.54, 1.807) is 0 Å². The fraction of sp³-hybridized carbons (Fsp3) is 0.0625. The summed E-state index contributed by atoms with van der Waals surface area (Å²) in [5.41, 5.74) is 15.8. The Bertz CT molecular complexity index is 1400. The first-order chi connectivity index (χ1) is 17.0. The highest BCUT2D eigenvalue weighted by Gasteiger charge is 2.05. The molecule has 35 heavy (non-hydrogen) atoms. The summed E-state index contributed by atoms with van der Waals surface area (Å²) in [4.78, 5) is 0. The van der Waals surface area contributed by atoms with E-state index < -0.39 is 0 Å². The van der Waals surface area contributed by atoms with Crippen molar-refractivity contribution in [3.63, 3.8) is 0 Å². The van der Waals surface area contributed by atoms with E-state index in [4.69, 9.17) is 17.3 Å². The molecule has 5 aromatic rings. The van der Waals surface area contributed by atoms with Crippen LogP contribution >= 0.6 is 11.6 Å². The SMILES string of the molecule is Cc1ccc(-c2ccccc2)cc1N.Cc1ccc(-c2ccccc2)cc1Nc1ccccc1Cl. The van der Waals surface area contributed by atoms with Crippen LogP contribution in [0.2, 0.25) is 5.02 Å². The van der Waals surface area contributed by atoms with Crippen molar-refractivity contribution >= 4 is 28.7 Å². The van der Waals surface area contributed by atoms with Crippen molar-refractivity contribution in [2.24, 2.45) is 0 Å². The van der Waals surface area contributed by atoms with E-state index in [1.807, 2.05) is 61.5 Å². The van der Waals surface area contributed by atoms with Gasteiger partial charge in [-0.3, -0.25) is 0 Å². The first kappa shape index (κ1) is 24.1. The molecule has 0 heterocycles. The highest BCUT2D eigenvalue weighted by atomic mass is 35.5. The number of nitrogen functional groups attached to an aromatic ring is 1. The summed E-state index contributed by atoms with van der Waals surface area (Å²) in [5, 5.41) is 4.14. The molecule has 5 rings (SSSR count). The van der Waals surface area contributed by atoms with E-state index in [1.165, 1.54) is 27.8 Å². The third-order valence-electron chi connectivity index (χ3n) is 5.87. The first-order valence-corrected chi connectivity index (χ1v) is 12.0. The highest BCUT2D eigenvalue weighted by molar-refractivity contribution is 6.33. The smallest absolute Gasteiger partial charge is 0.0640 e. The fourth-order valence-electron chi connectivity index (χ4n) is 3.73. The van der Waals surface area contributed by atoms with Gasteiger partial charge in [-0.2, -0.15) is 0 Å². The summed E-state index contributed by atoms with van der Waals surface area (Å²) in [6.45, 7) is 4.11. The number of nitrogens with one attached hydrogen (secondary N) is 1. The first-order valence-electron chi connectivity index (χ1n) is 11.6. The maximum Gasteiger partial charge on any atom is 0.0640 e. The van der Waals surface area contributed by atoms with Crippen LogP contribution in [0.4, 0.5) is 17.1 Å². The van der Waals surface area contributed by atoms with Crippen LogP contribution < -0.4 is 11.1 Å². The van der Waals surface area contributed by atoms with Crippen LogP contribution in [-0.2, 0) is 0 Å². The van der Waals surface area contributed by atoms with Gasteiger partial charge in [-0.05, 0) is 71.5 Å². The lowest BCUT2D eigenvalue weighted by molar-refractivity contribution is 1.43. The van der Waals surface area contributed by atoms with Crippen molar-refractivity contribution in [1.82, 2.24) is 0 Å². The molecule has 0 amide bonds. The Kier molecular flexibility index (Phi) is 7.87. The van der Waals surface area contributed by atoms with E-state index in [0.717, 1.165) is 27.6 Å². The van der Waals surface area contributed by atoms with Crippen LogP contribution in [-0.4, -0.2) is 0 Å². The van der Waals surface area contributed by atoms with Crippen molar-refractivity contribution in [2.45, 2.75) is 13.8 Å². The van der Waals surface area contributed by atoms with Gasteiger partial charge in [-0.15, -0.1) is 0 Å². The Labute approximate surface area is 213 Å². The van der Waals surface area contributed by atoms with Crippen molar-refractivity contribution in [1.29, 1.82) is 0 Å². The summed E-state index contributed by atoms with van der Waals surface area (Å²) < 4.78 is 0. The molecule has 2 nitrogen and oxygen atoms in total. The molecule has 3 N–H and O–H groups in total. The molecule has 0 bridgehead atoms. The van der Waals surface area contributed by atoms with Crippen LogP contribution in [0.5, 0.6) is 0 Å². The zero-order valence-corrected chi connectivity index (χ0v) is 20.8. The van der Waals surface area contributed by atoms with Gasteiger partial charge >= 0.3 is 0 Å². The Hall–Kier alpha value is -4.01. The predicted molar refractivity (Wildman–Crippen MR) is 152 cm³/mol. The van der Waals surface area contributed by atoms with Gasteiger partial charge in [0.05, 0.1) is 10.7 Å². The fourth-order valence-corrected chi connectivity index (χ4v) is 3.91. The Morgan fingerprint density at radius 1 is 0.514 bits per heavy atom. The number of rotatable bonds is 4. The van der Waals surface area contributed by atoms with E-state index in [2.05, 4.69) is 79.0 Å². The minimum atomic E-state index is 0.724. The predicted octanol–water partition coefficient (Wildman–Crippen LogP) is 9.30. The zero-order chi connectivity index (χ0) is 24.6. The molecule has 0 spiro atoms. The molecule has 5 aromatic carbocycles. The molecule has 3 heteroatoms. The molecule has 0 saturated carbocycles. The topological polar surface area (TPSA) is 38.0 Å². The molecule has 174 valence electrons. The third kappa shape index (κ3) is 6.32. The Morgan fingerprint density at radius 3 is 1.60 bits per heavy atom. The molecule has 0 saturated heterocycles. The summed E-state index contributed by atoms with van der Waals surface area (Å²) in [5.74, 6) is 0. The number of halogens is 1. The normalized spacial score (nSPS) is 10.3. The summed E-state index contributed by atoms with van der Waals surface area (Å²) in [6, 6.07) is 41.0. The van der Waals surface area contributed by atoms with Crippen LogP contribution in [0.3, 0.4) is 0 Å². The van der Waals surface area contributed by atoms with Gasteiger partial charge in [0, 0.05) is 11.4 Å². The second-order valence-corrected chi connectivity index (χ2v) is 8.85. The Morgan fingerprint density at radius 2 is 1.03 bits per heavy atom. The van der Waals surface area contributed by atoms with Gasteiger partial charge in [0.25, 0.3) is 0 Å². The summed E-state index contributed by atoms with van der Waals surface area (Å²) >= 11 is 6.22. The second-order valence-electron chi connectivity index (χ2n) is 8.44. The summed E-state index contributed by atoms with van der Waals surface area (Å²) in [7, 11) is 0. The average molecular weight is 477 g/mol. The van der Waals surface area contributed by atoms with Gasteiger partial charge < -0.3 is 11.1 Å². The number of para-hydroxylation sites is 1. The third-order valence-corrected chi connectivity index (χ3v) is 6.20. The van der Waals surface area contributed by atoms with Crippen LogP contribution in [0.25, 0.3) is 22.3 Å². The molecule has 0 radical (unpaired) electrons. The van der Waals surface area contributed by atoms with Crippen LogP contribution in [0, 0.1) is 13.8 Å². The molecule has 0 aliphatic rings. The van der Waals surface area contributed by atoms with Gasteiger partial charge in [0.15, 0.2) is 0 Å². The lowest BCUT2D eigenvalue weighted by atomic mass is 10.0. The number of hydrogen-bond acceptors (Lipinski definition) is 2. The molecule has 0 unspecified atom stereocenters. The van der Waals surface area contributed by atoms with Crippen molar-refractivity contribution in [2.75, 3.05) is 11.1 Å². The average Bonchev–Trinajstić information content (AvgIpc) is 2.90. The minimum absolute atomic E-state index is 0.724. The van der Waals surface area contributed by atoms with Gasteiger partial charge in [-0.25, -0.2) is 0 Å². The lowest BCUT2D eigenvalue weighted by Crippen LogP contribution is -1.94. The number of aryl methyl sites for hydroxylation is 2. The maximum absolute atomic E-state index is 6.22. The van der Waals surface area contributed by atoms with Crippen LogP contribution in [0.1, 0.15) is 11.1 Å². The molecule has 0 aliphatic carbocycles. The van der Waals surface area contributed by atoms with Crippen molar-refractivity contribution in [3.05, 3.63) is 137 Å². The maximum atomic E-state index is 6.22. The monoisotopic (exact) mass is 476 g/mol. The number of anilines is 3. The molecule has 0 fully saturated rings. The summed E-state index contributed by atoms with van der Waals surface area (Å²) in [6.07, 6.45) is 0. The zero-order valence-electron chi connectivity index (χ0n) is 20.0. The number of nitrogens with two attached hydrogens (primary N) is 1. The molecular weight excluding hydrogens is 448 g/mol.